The molecule has 1 N–H and O–H groups in total. The van der Waals surface area contributed by atoms with Crippen molar-refractivity contribution in [2.24, 2.45) is 5.92 Å². The third-order valence-electron chi connectivity index (χ3n) is 3.24. The molecule has 2 rings (SSSR count). The lowest BCUT2D eigenvalue weighted by atomic mass is 10.0. The van der Waals surface area contributed by atoms with Gasteiger partial charge in [-0.1, -0.05) is 15.9 Å². The highest BCUT2D eigenvalue weighted by atomic mass is 79.9. The van der Waals surface area contributed by atoms with E-state index in [-0.39, 0.29) is 11.9 Å². The van der Waals surface area contributed by atoms with E-state index in [0.29, 0.717) is 16.4 Å². The molecule has 18 heavy (non-hydrogen) atoms. The number of carbonyl (C=O) groups excluding carboxylic acids is 1. The lowest BCUT2D eigenvalue weighted by Crippen LogP contribution is -2.38. The number of amides is 1. The molecule has 3 nitrogen and oxygen atoms in total. The summed E-state index contributed by atoms with van der Waals surface area (Å²) in [5, 5.41) is 3.02. The number of hydrogen-bond acceptors (Lipinski definition) is 3. The molecule has 1 fully saturated rings. The fraction of sp³-hybridized carbons (Fsp3) is 0.462. The number of benzene rings is 1. The Labute approximate surface area is 121 Å². The van der Waals surface area contributed by atoms with E-state index < -0.39 is 0 Å². The molecule has 0 bridgehead atoms. The van der Waals surface area contributed by atoms with Crippen molar-refractivity contribution in [2.45, 2.75) is 24.3 Å². The molecule has 1 aromatic rings. The van der Waals surface area contributed by atoms with E-state index in [1.165, 1.54) is 0 Å². The maximum absolute atomic E-state index is 12.1. The number of nitrogens with one attached hydrogen (secondary N) is 1. The zero-order valence-electron chi connectivity index (χ0n) is 10.1. The predicted molar refractivity (Wildman–Crippen MR) is 77.2 cm³/mol. The van der Waals surface area contributed by atoms with Crippen LogP contribution in [-0.4, -0.2) is 25.2 Å². The molecule has 98 valence electrons. The van der Waals surface area contributed by atoms with Gasteiger partial charge in [-0.15, -0.1) is 12.6 Å². The van der Waals surface area contributed by atoms with Gasteiger partial charge in [-0.05, 0) is 31.5 Å². The van der Waals surface area contributed by atoms with Crippen molar-refractivity contribution in [3.63, 3.8) is 0 Å². The van der Waals surface area contributed by atoms with Crippen LogP contribution >= 0.6 is 28.6 Å². The molecule has 1 saturated heterocycles. The van der Waals surface area contributed by atoms with Crippen LogP contribution in [0.25, 0.3) is 0 Å². The predicted octanol–water partition coefficient (Wildman–Crippen LogP) is 2.89. The second kappa shape index (κ2) is 6.08. The first-order valence-corrected chi connectivity index (χ1v) is 7.19. The Morgan fingerprint density at radius 1 is 1.61 bits per heavy atom. The van der Waals surface area contributed by atoms with Crippen LogP contribution in [0.15, 0.2) is 27.6 Å². The van der Waals surface area contributed by atoms with Crippen LogP contribution in [0, 0.1) is 5.92 Å². The molecular weight excluding hydrogens is 314 g/mol. The summed E-state index contributed by atoms with van der Waals surface area (Å²) >= 11 is 7.68. The maximum Gasteiger partial charge on any atom is 0.252 e. The zero-order chi connectivity index (χ0) is 13.1. The smallest absolute Gasteiger partial charge is 0.252 e. The molecule has 2 unspecified atom stereocenters. The fourth-order valence-electron chi connectivity index (χ4n) is 2.05. The first-order chi connectivity index (χ1) is 8.58. The summed E-state index contributed by atoms with van der Waals surface area (Å²) < 4.78 is 6.25. The number of hydrogen-bond donors (Lipinski definition) is 2. The van der Waals surface area contributed by atoms with Crippen LogP contribution in [-0.2, 0) is 4.74 Å². The summed E-state index contributed by atoms with van der Waals surface area (Å²) in [7, 11) is 0. The summed E-state index contributed by atoms with van der Waals surface area (Å²) in [5.41, 5.74) is 0.604. The van der Waals surface area contributed by atoms with Gasteiger partial charge in [0.2, 0.25) is 0 Å². The molecule has 1 aliphatic heterocycles. The van der Waals surface area contributed by atoms with Gasteiger partial charge in [0.05, 0.1) is 12.2 Å². The first-order valence-electron chi connectivity index (χ1n) is 5.95. The van der Waals surface area contributed by atoms with Crippen molar-refractivity contribution >= 4 is 34.5 Å². The topological polar surface area (TPSA) is 38.3 Å². The van der Waals surface area contributed by atoms with Crippen LogP contribution < -0.4 is 5.32 Å². The van der Waals surface area contributed by atoms with Gasteiger partial charge in [0.1, 0.15) is 0 Å². The number of thiol groups is 1. The van der Waals surface area contributed by atoms with E-state index >= 15 is 0 Å². The van der Waals surface area contributed by atoms with E-state index in [1.807, 2.05) is 19.1 Å². The summed E-state index contributed by atoms with van der Waals surface area (Å²) in [5.74, 6) is 0.333. The fourth-order valence-corrected chi connectivity index (χ4v) is 2.90. The maximum atomic E-state index is 12.1. The van der Waals surface area contributed by atoms with Crippen molar-refractivity contribution in [3.05, 3.63) is 28.2 Å². The molecule has 1 heterocycles. The summed E-state index contributed by atoms with van der Waals surface area (Å²) in [6, 6.07) is 5.57. The molecular formula is C13H16BrNO2S. The Bertz CT molecular complexity index is 447. The average Bonchev–Trinajstić information content (AvgIpc) is 2.81. The van der Waals surface area contributed by atoms with Gasteiger partial charge in [0.25, 0.3) is 5.91 Å². The highest BCUT2D eigenvalue weighted by Crippen LogP contribution is 2.21. The third-order valence-corrected chi connectivity index (χ3v) is 4.10. The Morgan fingerprint density at radius 2 is 2.39 bits per heavy atom. The van der Waals surface area contributed by atoms with Gasteiger partial charge in [0, 0.05) is 27.9 Å². The van der Waals surface area contributed by atoms with E-state index in [2.05, 4.69) is 33.9 Å². The van der Waals surface area contributed by atoms with Crippen molar-refractivity contribution in [3.8, 4) is 0 Å². The van der Waals surface area contributed by atoms with E-state index in [0.717, 1.165) is 24.1 Å². The van der Waals surface area contributed by atoms with Crippen molar-refractivity contribution < 1.29 is 9.53 Å². The quantitative estimate of drug-likeness (QED) is 0.837. The highest BCUT2D eigenvalue weighted by molar-refractivity contribution is 9.10. The van der Waals surface area contributed by atoms with Crippen LogP contribution in [0.3, 0.4) is 0 Å². The minimum absolute atomic E-state index is 0.0769. The van der Waals surface area contributed by atoms with Gasteiger partial charge in [-0.2, -0.15) is 0 Å². The van der Waals surface area contributed by atoms with Gasteiger partial charge < -0.3 is 10.1 Å². The lowest BCUT2D eigenvalue weighted by molar-refractivity contribution is 0.0919. The minimum Gasteiger partial charge on any atom is -0.381 e. The SMILES string of the molecule is CC(NC(=O)c1ccc(Br)cc1S)C1CCOC1. The molecule has 0 aromatic heterocycles. The molecule has 0 aliphatic carbocycles. The van der Waals surface area contributed by atoms with Crippen molar-refractivity contribution in [1.82, 2.24) is 5.32 Å². The van der Waals surface area contributed by atoms with Gasteiger partial charge >= 0.3 is 0 Å². The molecule has 2 atom stereocenters. The molecule has 0 saturated carbocycles. The van der Waals surface area contributed by atoms with E-state index in [1.54, 1.807) is 6.07 Å². The molecule has 5 heteroatoms. The van der Waals surface area contributed by atoms with Crippen LogP contribution in [0.4, 0.5) is 0 Å². The zero-order valence-corrected chi connectivity index (χ0v) is 12.6. The number of rotatable bonds is 3. The molecule has 1 aliphatic rings. The van der Waals surface area contributed by atoms with Gasteiger partial charge in [-0.25, -0.2) is 0 Å². The number of carbonyl (C=O) groups is 1. The standard InChI is InChI=1S/C13H16BrNO2S/c1-8(9-4-5-17-7-9)15-13(16)11-3-2-10(14)6-12(11)18/h2-3,6,8-9,18H,4-5,7H2,1H3,(H,15,16). The number of ether oxygens (including phenoxy) is 1. The van der Waals surface area contributed by atoms with E-state index in [4.69, 9.17) is 4.74 Å². The van der Waals surface area contributed by atoms with Crippen molar-refractivity contribution in [1.29, 1.82) is 0 Å². The third kappa shape index (κ3) is 3.28. The lowest BCUT2D eigenvalue weighted by Gasteiger charge is -2.19. The Morgan fingerprint density at radius 3 is 3.00 bits per heavy atom. The largest absolute Gasteiger partial charge is 0.381 e. The second-order valence-corrected chi connectivity index (χ2v) is 5.94. The van der Waals surface area contributed by atoms with Crippen LogP contribution in [0.2, 0.25) is 0 Å². The highest BCUT2D eigenvalue weighted by Gasteiger charge is 2.24. The number of halogens is 1. The monoisotopic (exact) mass is 329 g/mol. The van der Waals surface area contributed by atoms with Gasteiger partial charge in [-0.3, -0.25) is 4.79 Å². The Hall–Kier alpha value is -0.520. The normalized spacial score (nSPS) is 20.7. The van der Waals surface area contributed by atoms with Crippen molar-refractivity contribution in [2.75, 3.05) is 13.2 Å². The summed E-state index contributed by atoms with van der Waals surface area (Å²) in [6.45, 7) is 3.55. The van der Waals surface area contributed by atoms with Gasteiger partial charge in [0.15, 0.2) is 0 Å². The minimum atomic E-state index is -0.0769. The molecule has 0 radical (unpaired) electrons. The summed E-state index contributed by atoms with van der Waals surface area (Å²) in [4.78, 5) is 12.8. The Balaban J connectivity index is 2.02. The van der Waals surface area contributed by atoms with E-state index in [9.17, 15) is 4.79 Å². The summed E-state index contributed by atoms with van der Waals surface area (Å²) in [6.07, 6.45) is 1.01. The molecule has 1 aromatic carbocycles. The first kappa shape index (κ1) is 13.9. The Kier molecular flexibility index (Phi) is 4.70. The molecule has 0 spiro atoms. The van der Waals surface area contributed by atoms with Crippen LogP contribution in [0.5, 0.6) is 0 Å². The average molecular weight is 330 g/mol. The second-order valence-electron chi connectivity index (χ2n) is 4.55. The molecule has 1 amide bonds. The van der Waals surface area contributed by atoms with Crippen LogP contribution in [0.1, 0.15) is 23.7 Å².